The van der Waals surface area contributed by atoms with Crippen LogP contribution in [-0.2, 0) is 6.54 Å². The molecule has 0 radical (unpaired) electrons. The lowest BCUT2D eigenvalue weighted by molar-refractivity contribution is 0.0885. The molecule has 2 aromatic heterocycles. The lowest BCUT2D eigenvalue weighted by Gasteiger charge is -2.17. The molecule has 6 rings (SSSR count). The van der Waals surface area contributed by atoms with E-state index < -0.39 is 0 Å². The second-order valence-corrected chi connectivity index (χ2v) is 8.77. The van der Waals surface area contributed by atoms with E-state index in [0.29, 0.717) is 0 Å². The fourth-order valence-electron chi connectivity index (χ4n) is 4.87. The highest BCUT2D eigenvalue weighted by atomic mass is 16.2. The number of carbonyl (C=O) groups is 1. The van der Waals surface area contributed by atoms with E-state index in [2.05, 4.69) is 81.7 Å². The van der Waals surface area contributed by atoms with Crippen LogP contribution in [0.3, 0.4) is 0 Å². The normalized spacial score (nSPS) is 12.2. The first-order valence-electron chi connectivity index (χ1n) is 11.8. The van der Waals surface area contributed by atoms with Gasteiger partial charge in [-0.1, -0.05) is 96.2 Å². The van der Waals surface area contributed by atoms with Crippen molar-refractivity contribution >= 4 is 27.8 Å². The van der Waals surface area contributed by atoms with Gasteiger partial charge in [0.1, 0.15) is 5.52 Å². The summed E-state index contributed by atoms with van der Waals surface area (Å²) in [5.41, 5.74) is 6.09. The predicted molar refractivity (Wildman–Crippen MR) is 139 cm³/mol. The van der Waals surface area contributed by atoms with Crippen LogP contribution in [0.4, 0.5) is 0 Å². The highest BCUT2D eigenvalue weighted by molar-refractivity contribution is 5.91. The third kappa shape index (κ3) is 4.02. The molecule has 1 unspecified atom stereocenters. The Morgan fingerprint density at radius 2 is 1.40 bits per heavy atom. The highest BCUT2D eigenvalue weighted by Crippen LogP contribution is 2.35. The van der Waals surface area contributed by atoms with Gasteiger partial charge in [0.25, 0.3) is 0 Å². The second kappa shape index (κ2) is 9.03. The SMILES string of the molecule is O=C(CC(c1ccccc1)c1cn(Cc2ccccc2)c2ccccc12)n1nnc2ccccc21. The van der Waals surface area contributed by atoms with Gasteiger partial charge in [-0.3, -0.25) is 4.79 Å². The number of hydrogen-bond acceptors (Lipinski definition) is 3. The summed E-state index contributed by atoms with van der Waals surface area (Å²) < 4.78 is 3.72. The summed E-state index contributed by atoms with van der Waals surface area (Å²) in [4.78, 5) is 13.6. The zero-order valence-corrected chi connectivity index (χ0v) is 19.2. The van der Waals surface area contributed by atoms with Crippen molar-refractivity contribution in [2.45, 2.75) is 18.9 Å². The number of benzene rings is 4. The summed E-state index contributed by atoms with van der Waals surface area (Å²) in [5.74, 6) is -0.193. The molecule has 4 aromatic carbocycles. The van der Waals surface area contributed by atoms with E-state index in [9.17, 15) is 4.79 Å². The van der Waals surface area contributed by atoms with Crippen molar-refractivity contribution < 1.29 is 4.79 Å². The van der Waals surface area contributed by atoms with Gasteiger partial charge in [0, 0.05) is 36.0 Å². The van der Waals surface area contributed by atoms with Gasteiger partial charge in [0.05, 0.1) is 5.52 Å². The van der Waals surface area contributed by atoms with E-state index in [0.717, 1.165) is 39.6 Å². The molecule has 0 saturated carbocycles. The summed E-state index contributed by atoms with van der Waals surface area (Å²) in [7, 11) is 0. The number of carbonyl (C=O) groups excluding carboxylic acids is 1. The maximum absolute atomic E-state index is 13.6. The first-order valence-corrected chi connectivity index (χ1v) is 11.8. The molecule has 6 aromatic rings. The summed E-state index contributed by atoms with van der Waals surface area (Å²) >= 11 is 0. The number of rotatable bonds is 6. The van der Waals surface area contributed by atoms with Gasteiger partial charge in [-0.15, -0.1) is 5.10 Å². The third-order valence-corrected chi connectivity index (χ3v) is 6.56. The van der Waals surface area contributed by atoms with Crippen LogP contribution in [0.15, 0.2) is 115 Å². The van der Waals surface area contributed by atoms with E-state index in [1.807, 2.05) is 48.5 Å². The summed E-state index contributed by atoms with van der Waals surface area (Å²) in [5, 5.41) is 9.51. The molecular weight excluding hydrogens is 432 g/mol. The number of fused-ring (bicyclic) bond motifs is 2. The van der Waals surface area contributed by atoms with Crippen molar-refractivity contribution in [2.75, 3.05) is 0 Å². The van der Waals surface area contributed by atoms with Gasteiger partial charge >= 0.3 is 0 Å². The molecule has 0 amide bonds. The quantitative estimate of drug-likeness (QED) is 0.296. The molecule has 0 aliphatic heterocycles. The number of nitrogens with zero attached hydrogens (tertiary/aromatic N) is 4. The van der Waals surface area contributed by atoms with Gasteiger partial charge in [-0.2, -0.15) is 4.68 Å². The van der Waals surface area contributed by atoms with E-state index >= 15 is 0 Å². The van der Waals surface area contributed by atoms with Crippen LogP contribution in [0.25, 0.3) is 21.9 Å². The average Bonchev–Trinajstić information content (AvgIpc) is 3.50. The molecule has 0 N–H and O–H groups in total. The molecule has 0 saturated heterocycles. The van der Waals surface area contributed by atoms with Gasteiger partial charge in [0.15, 0.2) is 0 Å². The van der Waals surface area contributed by atoms with Crippen molar-refractivity contribution in [1.82, 2.24) is 19.6 Å². The maximum Gasteiger partial charge on any atom is 0.249 e. The Balaban J connectivity index is 1.44. The minimum atomic E-state index is -0.117. The number of para-hydroxylation sites is 2. The smallest absolute Gasteiger partial charge is 0.249 e. The van der Waals surface area contributed by atoms with Crippen LogP contribution in [0.1, 0.15) is 33.8 Å². The average molecular weight is 457 g/mol. The number of aromatic nitrogens is 4. The van der Waals surface area contributed by atoms with Crippen molar-refractivity contribution in [2.24, 2.45) is 0 Å². The first kappa shape index (κ1) is 21.1. The van der Waals surface area contributed by atoms with Crippen LogP contribution in [-0.4, -0.2) is 25.5 Å². The van der Waals surface area contributed by atoms with E-state index in [1.54, 1.807) is 0 Å². The summed E-state index contributed by atoms with van der Waals surface area (Å²) in [6, 6.07) is 36.7. The molecule has 170 valence electrons. The monoisotopic (exact) mass is 456 g/mol. The Bertz CT molecular complexity index is 1620. The van der Waals surface area contributed by atoms with E-state index in [1.165, 1.54) is 10.2 Å². The zero-order valence-electron chi connectivity index (χ0n) is 19.2. The Kier molecular flexibility index (Phi) is 5.43. The van der Waals surface area contributed by atoms with Crippen molar-refractivity contribution in [3.05, 3.63) is 132 Å². The highest BCUT2D eigenvalue weighted by Gasteiger charge is 2.24. The molecular formula is C30H24N4O. The van der Waals surface area contributed by atoms with Crippen LogP contribution in [0.2, 0.25) is 0 Å². The fraction of sp³-hybridized carbons (Fsp3) is 0.100. The Morgan fingerprint density at radius 3 is 2.20 bits per heavy atom. The first-order chi connectivity index (χ1) is 17.3. The standard InChI is InChI=1S/C30H24N4O/c35-30(34-29-18-10-8-16-27(29)31-32-34)19-25(23-13-5-2-6-14-23)26-21-33(20-22-11-3-1-4-12-22)28-17-9-7-15-24(26)28/h1-18,21,25H,19-20H2. The van der Waals surface area contributed by atoms with E-state index in [-0.39, 0.29) is 18.2 Å². The molecule has 35 heavy (non-hydrogen) atoms. The van der Waals surface area contributed by atoms with Crippen molar-refractivity contribution in [3.63, 3.8) is 0 Å². The van der Waals surface area contributed by atoms with Gasteiger partial charge < -0.3 is 4.57 Å². The Hall–Kier alpha value is -4.51. The van der Waals surface area contributed by atoms with Crippen molar-refractivity contribution in [3.8, 4) is 0 Å². The molecule has 5 heteroatoms. The molecule has 0 aliphatic rings. The largest absolute Gasteiger partial charge is 0.343 e. The van der Waals surface area contributed by atoms with Crippen LogP contribution in [0, 0.1) is 0 Å². The summed E-state index contributed by atoms with van der Waals surface area (Å²) in [6.45, 7) is 0.768. The minimum absolute atomic E-state index is 0.0764. The molecule has 0 aliphatic carbocycles. The molecule has 5 nitrogen and oxygen atoms in total. The van der Waals surface area contributed by atoms with Crippen LogP contribution < -0.4 is 0 Å². The fourth-order valence-corrected chi connectivity index (χ4v) is 4.87. The number of hydrogen-bond donors (Lipinski definition) is 0. The minimum Gasteiger partial charge on any atom is -0.343 e. The van der Waals surface area contributed by atoms with Gasteiger partial charge in [-0.25, -0.2) is 0 Å². The van der Waals surface area contributed by atoms with Crippen LogP contribution in [0.5, 0.6) is 0 Å². The maximum atomic E-state index is 13.6. The predicted octanol–water partition coefficient (Wildman–Crippen LogP) is 6.30. The van der Waals surface area contributed by atoms with Gasteiger partial charge in [-0.05, 0) is 34.9 Å². The second-order valence-electron chi connectivity index (χ2n) is 8.77. The molecule has 0 spiro atoms. The lowest BCUT2D eigenvalue weighted by Crippen LogP contribution is -2.17. The molecule has 2 heterocycles. The third-order valence-electron chi connectivity index (χ3n) is 6.56. The molecule has 0 bridgehead atoms. The zero-order chi connectivity index (χ0) is 23.6. The molecule has 1 atom stereocenters. The summed E-state index contributed by atoms with van der Waals surface area (Å²) in [6.07, 6.45) is 2.50. The van der Waals surface area contributed by atoms with Gasteiger partial charge in [0.2, 0.25) is 5.91 Å². The Morgan fingerprint density at radius 1 is 0.743 bits per heavy atom. The van der Waals surface area contributed by atoms with Crippen molar-refractivity contribution in [1.29, 1.82) is 0 Å². The van der Waals surface area contributed by atoms with Crippen LogP contribution >= 0.6 is 0 Å². The lowest BCUT2D eigenvalue weighted by atomic mass is 9.88. The molecule has 0 fully saturated rings. The Labute approximate surface area is 203 Å². The van der Waals surface area contributed by atoms with E-state index in [4.69, 9.17) is 0 Å². The topological polar surface area (TPSA) is 52.7 Å².